The topological polar surface area (TPSA) is 28.2 Å². The Morgan fingerprint density at radius 1 is 1.16 bits per heavy atom. The van der Waals surface area contributed by atoms with Gasteiger partial charge in [0.25, 0.3) is 0 Å². The molecule has 1 aromatic heterocycles. The lowest BCUT2D eigenvalue weighted by Crippen LogP contribution is -2.28. The highest BCUT2D eigenvalue weighted by molar-refractivity contribution is 5.54. The van der Waals surface area contributed by atoms with Crippen LogP contribution in [0.15, 0.2) is 42.5 Å². The Balaban J connectivity index is 1.88. The SMILES string of the molecule is Cc1cccc(CN2CCNCc3ccccc32)n1. The highest BCUT2D eigenvalue weighted by Gasteiger charge is 2.14. The molecule has 3 rings (SSSR count). The van der Waals surface area contributed by atoms with Gasteiger partial charge in [0.1, 0.15) is 0 Å². The maximum Gasteiger partial charge on any atom is 0.0602 e. The van der Waals surface area contributed by atoms with Gasteiger partial charge in [0.15, 0.2) is 0 Å². The number of fused-ring (bicyclic) bond motifs is 1. The van der Waals surface area contributed by atoms with Gasteiger partial charge in [-0.2, -0.15) is 0 Å². The molecule has 1 aliphatic rings. The molecule has 0 amide bonds. The van der Waals surface area contributed by atoms with Gasteiger partial charge in [-0.3, -0.25) is 4.98 Å². The van der Waals surface area contributed by atoms with E-state index in [1.165, 1.54) is 11.3 Å². The second-order valence-corrected chi connectivity index (χ2v) is 5.00. The van der Waals surface area contributed by atoms with E-state index in [2.05, 4.69) is 51.6 Å². The van der Waals surface area contributed by atoms with Crippen LogP contribution in [-0.2, 0) is 13.1 Å². The van der Waals surface area contributed by atoms with Crippen LogP contribution >= 0.6 is 0 Å². The molecule has 1 aliphatic heterocycles. The van der Waals surface area contributed by atoms with Crippen LogP contribution in [0.2, 0.25) is 0 Å². The number of nitrogens with one attached hydrogen (secondary N) is 1. The fourth-order valence-electron chi connectivity index (χ4n) is 2.57. The lowest BCUT2D eigenvalue weighted by molar-refractivity contribution is 0.684. The highest BCUT2D eigenvalue weighted by Crippen LogP contribution is 2.23. The number of hydrogen-bond donors (Lipinski definition) is 1. The minimum Gasteiger partial charge on any atom is -0.364 e. The standard InChI is InChI=1S/C16H19N3/c1-13-5-4-7-15(18-13)12-19-10-9-17-11-14-6-2-3-8-16(14)19/h2-8,17H,9-12H2,1H3. The second kappa shape index (κ2) is 5.41. The lowest BCUT2D eigenvalue weighted by atomic mass is 10.1. The maximum absolute atomic E-state index is 4.61. The summed E-state index contributed by atoms with van der Waals surface area (Å²) in [6.45, 7) is 5.91. The Labute approximate surface area is 114 Å². The molecule has 0 unspecified atom stereocenters. The van der Waals surface area contributed by atoms with Crippen LogP contribution in [0.3, 0.4) is 0 Å². The van der Waals surface area contributed by atoms with Crippen molar-refractivity contribution in [3.8, 4) is 0 Å². The molecule has 0 aliphatic carbocycles. The zero-order valence-electron chi connectivity index (χ0n) is 11.3. The first-order chi connectivity index (χ1) is 9.33. The zero-order valence-corrected chi connectivity index (χ0v) is 11.3. The summed E-state index contributed by atoms with van der Waals surface area (Å²) in [4.78, 5) is 7.02. The Hall–Kier alpha value is -1.87. The van der Waals surface area contributed by atoms with Crippen LogP contribution in [0.4, 0.5) is 5.69 Å². The molecule has 0 bridgehead atoms. The fraction of sp³-hybridized carbons (Fsp3) is 0.312. The molecule has 0 saturated carbocycles. The van der Waals surface area contributed by atoms with Crippen LogP contribution in [0.5, 0.6) is 0 Å². The molecule has 19 heavy (non-hydrogen) atoms. The largest absolute Gasteiger partial charge is 0.364 e. The Morgan fingerprint density at radius 2 is 2.05 bits per heavy atom. The Bertz CT molecular complexity index is 565. The van der Waals surface area contributed by atoms with Gasteiger partial charge < -0.3 is 10.2 Å². The quantitative estimate of drug-likeness (QED) is 0.891. The summed E-state index contributed by atoms with van der Waals surface area (Å²) in [6, 6.07) is 14.9. The van der Waals surface area contributed by atoms with E-state index in [0.29, 0.717) is 0 Å². The molecule has 2 heterocycles. The molecule has 1 aromatic carbocycles. The van der Waals surface area contributed by atoms with Crippen molar-refractivity contribution >= 4 is 5.69 Å². The predicted octanol–water partition coefficient (Wildman–Crippen LogP) is 2.50. The molecule has 2 aromatic rings. The molecule has 0 atom stereocenters. The normalized spacial score (nSPS) is 14.9. The molecule has 3 heteroatoms. The Kier molecular flexibility index (Phi) is 3.47. The van der Waals surface area contributed by atoms with Crippen molar-refractivity contribution in [3.63, 3.8) is 0 Å². The first-order valence-electron chi connectivity index (χ1n) is 6.79. The lowest BCUT2D eigenvalue weighted by Gasteiger charge is -2.24. The van der Waals surface area contributed by atoms with Crippen molar-refractivity contribution in [2.75, 3.05) is 18.0 Å². The molecule has 0 spiro atoms. The van der Waals surface area contributed by atoms with Gasteiger partial charge in [-0.05, 0) is 30.7 Å². The fourth-order valence-corrected chi connectivity index (χ4v) is 2.57. The number of hydrogen-bond acceptors (Lipinski definition) is 3. The first kappa shape index (κ1) is 12.2. The number of rotatable bonds is 2. The minimum atomic E-state index is 0.875. The summed E-state index contributed by atoms with van der Waals surface area (Å²) < 4.78 is 0. The van der Waals surface area contributed by atoms with E-state index in [1.807, 2.05) is 13.0 Å². The summed E-state index contributed by atoms with van der Waals surface area (Å²) in [7, 11) is 0. The van der Waals surface area contributed by atoms with Crippen LogP contribution in [0.25, 0.3) is 0 Å². The van der Waals surface area contributed by atoms with Gasteiger partial charge in [-0.1, -0.05) is 24.3 Å². The number of para-hydroxylation sites is 1. The molecule has 0 radical (unpaired) electrons. The molecule has 0 saturated heterocycles. The Morgan fingerprint density at radius 3 is 2.95 bits per heavy atom. The van der Waals surface area contributed by atoms with E-state index < -0.39 is 0 Å². The average molecular weight is 253 g/mol. The number of nitrogens with zero attached hydrogens (tertiary/aromatic N) is 2. The smallest absolute Gasteiger partial charge is 0.0602 e. The third-order valence-corrected chi connectivity index (χ3v) is 3.51. The van der Waals surface area contributed by atoms with Crippen molar-refractivity contribution in [2.45, 2.75) is 20.0 Å². The van der Waals surface area contributed by atoms with E-state index in [9.17, 15) is 0 Å². The van der Waals surface area contributed by atoms with Crippen molar-refractivity contribution in [2.24, 2.45) is 0 Å². The molecule has 98 valence electrons. The van der Waals surface area contributed by atoms with E-state index in [4.69, 9.17) is 0 Å². The number of aromatic nitrogens is 1. The summed E-state index contributed by atoms with van der Waals surface area (Å²) in [5, 5.41) is 3.47. The van der Waals surface area contributed by atoms with E-state index in [0.717, 1.165) is 37.6 Å². The maximum atomic E-state index is 4.61. The van der Waals surface area contributed by atoms with E-state index in [1.54, 1.807) is 0 Å². The van der Waals surface area contributed by atoms with Crippen LogP contribution in [-0.4, -0.2) is 18.1 Å². The second-order valence-electron chi connectivity index (χ2n) is 5.00. The van der Waals surface area contributed by atoms with Crippen molar-refractivity contribution < 1.29 is 0 Å². The van der Waals surface area contributed by atoms with Crippen LogP contribution < -0.4 is 10.2 Å². The summed E-state index contributed by atoms with van der Waals surface area (Å²) in [5.41, 5.74) is 4.92. The predicted molar refractivity (Wildman–Crippen MR) is 78.2 cm³/mol. The average Bonchev–Trinajstić information content (AvgIpc) is 2.62. The highest BCUT2D eigenvalue weighted by atomic mass is 15.2. The van der Waals surface area contributed by atoms with E-state index >= 15 is 0 Å². The van der Waals surface area contributed by atoms with Gasteiger partial charge in [-0.25, -0.2) is 0 Å². The zero-order chi connectivity index (χ0) is 13.1. The number of pyridine rings is 1. The van der Waals surface area contributed by atoms with Gasteiger partial charge in [0, 0.05) is 31.0 Å². The molecule has 1 N–H and O–H groups in total. The number of benzene rings is 1. The van der Waals surface area contributed by atoms with Crippen LogP contribution in [0, 0.1) is 6.92 Å². The molecular formula is C16H19N3. The first-order valence-corrected chi connectivity index (χ1v) is 6.79. The van der Waals surface area contributed by atoms with E-state index in [-0.39, 0.29) is 0 Å². The van der Waals surface area contributed by atoms with Gasteiger partial charge >= 0.3 is 0 Å². The minimum absolute atomic E-state index is 0.875. The molecule has 0 fully saturated rings. The number of anilines is 1. The summed E-state index contributed by atoms with van der Waals surface area (Å²) >= 11 is 0. The third-order valence-electron chi connectivity index (χ3n) is 3.51. The van der Waals surface area contributed by atoms with Gasteiger partial charge in [0.05, 0.1) is 12.2 Å². The van der Waals surface area contributed by atoms with Crippen molar-refractivity contribution in [1.82, 2.24) is 10.3 Å². The van der Waals surface area contributed by atoms with Crippen LogP contribution in [0.1, 0.15) is 17.0 Å². The van der Waals surface area contributed by atoms with Crippen molar-refractivity contribution in [3.05, 3.63) is 59.4 Å². The van der Waals surface area contributed by atoms with Gasteiger partial charge in [-0.15, -0.1) is 0 Å². The number of aryl methyl sites for hydroxylation is 1. The summed E-state index contributed by atoms with van der Waals surface area (Å²) in [5.74, 6) is 0. The van der Waals surface area contributed by atoms with Crippen molar-refractivity contribution in [1.29, 1.82) is 0 Å². The van der Waals surface area contributed by atoms with Gasteiger partial charge in [0.2, 0.25) is 0 Å². The third kappa shape index (κ3) is 2.76. The summed E-state index contributed by atoms with van der Waals surface area (Å²) in [6.07, 6.45) is 0. The monoisotopic (exact) mass is 253 g/mol. The molecule has 3 nitrogen and oxygen atoms in total. The molecular weight excluding hydrogens is 234 g/mol.